The Labute approximate surface area is 91.3 Å². The first kappa shape index (κ1) is 10.4. The molecule has 2 rings (SSSR count). The number of anilines is 1. The summed E-state index contributed by atoms with van der Waals surface area (Å²) in [6.45, 7) is 3.46. The fourth-order valence-corrected chi connectivity index (χ4v) is 2.06. The Kier molecular flexibility index (Phi) is 3.97. The Hall–Kier alpha value is -1.09. The molecule has 0 bridgehead atoms. The molecule has 1 unspecified atom stereocenters. The predicted octanol–water partition coefficient (Wildman–Crippen LogP) is 1.88. The molecule has 0 aromatic carbocycles. The fourth-order valence-electron chi connectivity index (χ4n) is 2.06. The van der Waals surface area contributed by atoms with Crippen molar-refractivity contribution in [2.24, 2.45) is 5.92 Å². The first-order chi connectivity index (χ1) is 7.45. The van der Waals surface area contributed by atoms with E-state index in [0.717, 1.165) is 12.5 Å². The smallest absolute Gasteiger partial charge is 0.0371 e. The van der Waals surface area contributed by atoms with E-state index in [9.17, 15) is 0 Å². The minimum Gasteiger partial charge on any atom is -0.385 e. The quantitative estimate of drug-likeness (QED) is 0.788. The maximum Gasteiger partial charge on any atom is 0.0371 e. The maximum atomic E-state index is 3.99. The molecule has 1 fully saturated rings. The van der Waals surface area contributed by atoms with Crippen LogP contribution in [0.5, 0.6) is 0 Å². The van der Waals surface area contributed by atoms with Crippen molar-refractivity contribution in [3.8, 4) is 0 Å². The molecule has 0 amide bonds. The van der Waals surface area contributed by atoms with Crippen LogP contribution in [0.2, 0.25) is 0 Å². The van der Waals surface area contributed by atoms with Gasteiger partial charge in [0.2, 0.25) is 0 Å². The lowest BCUT2D eigenvalue weighted by Crippen LogP contribution is -2.30. The largest absolute Gasteiger partial charge is 0.385 e. The van der Waals surface area contributed by atoms with Crippen molar-refractivity contribution < 1.29 is 0 Å². The molecular formula is C12H19N3. The number of aromatic nitrogens is 1. The van der Waals surface area contributed by atoms with E-state index in [1.54, 1.807) is 0 Å². The van der Waals surface area contributed by atoms with E-state index < -0.39 is 0 Å². The highest BCUT2D eigenvalue weighted by Gasteiger charge is 2.11. The van der Waals surface area contributed by atoms with Gasteiger partial charge in [-0.2, -0.15) is 0 Å². The maximum absolute atomic E-state index is 3.99. The zero-order valence-corrected chi connectivity index (χ0v) is 9.08. The van der Waals surface area contributed by atoms with Gasteiger partial charge in [-0.15, -0.1) is 0 Å². The third-order valence-electron chi connectivity index (χ3n) is 2.96. The number of nitrogens with one attached hydrogen (secondary N) is 2. The number of rotatable bonds is 4. The zero-order valence-electron chi connectivity index (χ0n) is 9.08. The highest BCUT2D eigenvalue weighted by atomic mass is 14.9. The van der Waals surface area contributed by atoms with Gasteiger partial charge >= 0.3 is 0 Å². The first-order valence-corrected chi connectivity index (χ1v) is 5.80. The summed E-state index contributed by atoms with van der Waals surface area (Å²) in [5.41, 5.74) is 1.17. The van der Waals surface area contributed by atoms with Crippen molar-refractivity contribution in [2.45, 2.75) is 19.3 Å². The van der Waals surface area contributed by atoms with Crippen LogP contribution >= 0.6 is 0 Å². The molecule has 1 saturated heterocycles. The van der Waals surface area contributed by atoms with Crippen molar-refractivity contribution in [3.63, 3.8) is 0 Å². The Morgan fingerprint density at radius 2 is 2.27 bits per heavy atom. The molecule has 3 nitrogen and oxygen atoms in total. The van der Waals surface area contributed by atoms with Crippen LogP contribution in [-0.4, -0.2) is 24.6 Å². The van der Waals surface area contributed by atoms with Gasteiger partial charge in [0, 0.05) is 24.6 Å². The zero-order chi connectivity index (χ0) is 10.3. The van der Waals surface area contributed by atoms with E-state index in [4.69, 9.17) is 0 Å². The predicted molar refractivity (Wildman–Crippen MR) is 62.9 cm³/mol. The third kappa shape index (κ3) is 3.51. The molecule has 0 aliphatic carbocycles. The highest BCUT2D eigenvalue weighted by molar-refractivity contribution is 5.40. The average molecular weight is 205 g/mol. The van der Waals surface area contributed by atoms with Crippen molar-refractivity contribution in [3.05, 3.63) is 24.5 Å². The van der Waals surface area contributed by atoms with Crippen molar-refractivity contribution >= 4 is 5.69 Å². The van der Waals surface area contributed by atoms with Gasteiger partial charge in [-0.25, -0.2) is 0 Å². The Bertz CT molecular complexity index is 267. The van der Waals surface area contributed by atoms with Crippen LogP contribution in [0.4, 0.5) is 5.69 Å². The van der Waals surface area contributed by atoms with Crippen LogP contribution < -0.4 is 10.6 Å². The van der Waals surface area contributed by atoms with Crippen LogP contribution in [0, 0.1) is 5.92 Å². The summed E-state index contributed by atoms with van der Waals surface area (Å²) >= 11 is 0. The summed E-state index contributed by atoms with van der Waals surface area (Å²) < 4.78 is 0. The lowest BCUT2D eigenvalue weighted by atomic mass is 9.96. The number of hydrogen-bond donors (Lipinski definition) is 2. The Balaban J connectivity index is 1.66. The van der Waals surface area contributed by atoms with Crippen LogP contribution in [0.3, 0.4) is 0 Å². The molecule has 2 heterocycles. The molecule has 1 atom stereocenters. The number of hydrogen-bond acceptors (Lipinski definition) is 3. The molecule has 1 aromatic rings. The molecule has 0 spiro atoms. The molecular weight excluding hydrogens is 186 g/mol. The lowest BCUT2D eigenvalue weighted by molar-refractivity contribution is 0.364. The van der Waals surface area contributed by atoms with E-state index in [0.29, 0.717) is 0 Å². The van der Waals surface area contributed by atoms with Gasteiger partial charge in [-0.3, -0.25) is 4.98 Å². The third-order valence-corrected chi connectivity index (χ3v) is 2.96. The van der Waals surface area contributed by atoms with Gasteiger partial charge in [0.05, 0.1) is 0 Å². The molecule has 1 aliphatic rings. The minimum atomic E-state index is 0.855. The summed E-state index contributed by atoms with van der Waals surface area (Å²) in [6.07, 6.45) is 7.62. The van der Waals surface area contributed by atoms with E-state index >= 15 is 0 Å². The number of nitrogens with zero attached hydrogens (tertiary/aromatic N) is 1. The van der Waals surface area contributed by atoms with Crippen LogP contribution in [0.25, 0.3) is 0 Å². The molecule has 15 heavy (non-hydrogen) atoms. The molecule has 1 aliphatic heterocycles. The van der Waals surface area contributed by atoms with E-state index in [-0.39, 0.29) is 0 Å². The summed E-state index contributed by atoms with van der Waals surface area (Å²) in [7, 11) is 0. The molecule has 1 aromatic heterocycles. The number of pyridine rings is 1. The normalized spacial score (nSPS) is 21.2. The van der Waals surface area contributed by atoms with E-state index in [1.165, 1.54) is 38.0 Å². The molecule has 82 valence electrons. The van der Waals surface area contributed by atoms with Crippen LogP contribution in [-0.2, 0) is 0 Å². The van der Waals surface area contributed by atoms with Crippen LogP contribution in [0.1, 0.15) is 19.3 Å². The second kappa shape index (κ2) is 5.71. The highest BCUT2D eigenvalue weighted by Crippen LogP contribution is 2.14. The van der Waals surface area contributed by atoms with Crippen molar-refractivity contribution in [2.75, 3.05) is 25.0 Å². The first-order valence-electron chi connectivity index (χ1n) is 5.80. The summed E-state index contributed by atoms with van der Waals surface area (Å²) in [6, 6.07) is 4.03. The average Bonchev–Trinajstić information content (AvgIpc) is 2.32. The fraction of sp³-hybridized carbons (Fsp3) is 0.583. The van der Waals surface area contributed by atoms with Gasteiger partial charge in [0.1, 0.15) is 0 Å². The van der Waals surface area contributed by atoms with Crippen molar-refractivity contribution in [1.82, 2.24) is 10.3 Å². The summed E-state index contributed by atoms with van der Waals surface area (Å²) in [4.78, 5) is 3.99. The second-order valence-corrected chi connectivity index (χ2v) is 4.16. The SMILES string of the molecule is c1cc(NCCC2CCCNC2)ccn1. The molecule has 0 radical (unpaired) electrons. The van der Waals surface area contributed by atoms with E-state index in [1.807, 2.05) is 24.5 Å². The number of piperidine rings is 1. The Morgan fingerprint density at radius 1 is 1.40 bits per heavy atom. The summed E-state index contributed by atoms with van der Waals surface area (Å²) in [5, 5.41) is 6.87. The standard InChI is InChI=1S/C12H19N3/c1-2-11(10-14-6-1)3-9-15-12-4-7-13-8-5-12/h4-5,7-8,11,14H,1-3,6,9-10H2,(H,13,15). The van der Waals surface area contributed by atoms with Crippen LogP contribution in [0.15, 0.2) is 24.5 Å². The second-order valence-electron chi connectivity index (χ2n) is 4.16. The molecule has 2 N–H and O–H groups in total. The van der Waals surface area contributed by atoms with Gasteiger partial charge in [0.25, 0.3) is 0 Å². The monoisotopic (exact) mass is 205 g/mol. The van der Waals surface area contributed by atoms with Gasteiger partial charge < -0.3 is 10.6 Å². The van der Waals surface area contributed by atoms with Gasteiger partial charge in [0.15, 0.2) is 0 Å². The molecule has 3 heteroatoms. The van der Waals surface area contributed by atoms with Gasteiger partial charge in [-0.1, -0.05) is 0 Å². The topological polar surface area (TPSA) is 37.0 Å². The molecule has 0 saturated carbocycles. The lowest BCUT2D eigenvalue weighted by Gasteiger charge is -2.22. The summed E-state index contributed by atoms with van der Waals surface area (Å²) in [5.74, 6) is 0.855. The van der Waals surface area contributed by atoms with Crippen molar-refractivity contribution in [1.29, 1.82) is 0 Å². The van der Waals surface area contributed by atoms with E-state index in [2.05, 4.69) is 15.6 Å². The Morgan fingerprint density at radius 3 is 3.00 bits per heavy atom. The minimum absolute atomic E-state index is 0.855. The van der Waals surface area contributed by atoms with Gasteiger partial charge in [-0.05, 0) is 50.4 Å².